The van der Waals surface area contributed by atoms with Gasteiger partial charge in [0.1, 0.15) is 5.75 Å². The van der Waals surface area contributed by atoms with Crippen molar-refractivity contribution in [3.63, 3.8) is 0 Å². The molecule has 0 unspecified atom stereocenters. The number of ketones is 1. The highest BCUT2D eigenvalue weighted by Crippen LogP contribution is 2.31. The number of hydrogen-bond donors (Lipinski definition) is 0. The van der Waals surface area contributed by atoms with Crippen LogP contribution < -0.4 is 9.64 Å². The lowest BCUT2D eigenvalue weighted by Gasteiger charge is -2.16. The van der Waals surface area contributed by atoms with E-state index in [1.54, 1.807) is 12.1 Å². The molecule has 1 aliphatic rings. The van der Waals surface area contributed by atoms with Gasteiger partial charge in [0.2, 0.25) is 0 Å². The van der Waals surface area contributed by atoms with E-state index in [4.69, 9.17) is 4.74 Å². The third kappa shape index (κ3) is 3.10. The number of hydrogen-bond acceptors (Lipinski definition) is 3. The van der Waals surface area contributed by atoms with Gasteiger partial charge in [-0.15, -0.1) is 0 Å². The molecule has 4 rings (SSSR count). The lowest BCUT2D eigenvalue weighted by atomic mass is 10.1. The fraction of sp³-hybridized carbons (Fsp3) is 0.143. The number of halogens is 1. The number of nitrogens with zero attached hydrogens (tertiary/aromatic N) is 1. The van der Waals surface area contributed by atoms with Crippen LogP contribution >= 0.6 is 15.9 Å². The van der Waals surface area contributed by atoms with E-state index in [1.165, 1.54) is 10.3 Å². The lowest BCUT2D eigenvalue weighted by molar-refractivity contribution is -0.114. The third-order valence-electron chi connectivity index (χ3n) is 4.45. The van der Waals surface area contributed by atoms with Gasteiger partial charge in [-0.2, -0.15) is 0 Å². The number of amides is 1. The summed E-state index contributed by atoms with van der Waals surface area (Å²) in [5.74, 6) is -0.114. The Bertz CT molecular complexity index is 1020. The summed E-state index contributed by atoms with van der Waals surface area (Å²) < 4.78 is 6.60. The van der Waals surface area contributed by atoms with Crippen molar-refractivity contribution in [1.29, 1.82) is 0 Å². The van der Waals surface area contributed by atoms with Crippen molar-refractivity contribution in [3.8, 4) is 5.75 Å². The summed E-state index contributed by atoms with van der Waals surface area (Å²) in [6, 6.07) is 19.4. The van der Waals surface area contributed by atoms with E-state index in [2.05, 4.69) is 22.0 Å². The van der Waals surface area contributed by atoms with Crippen LogP contribution in [0, 0.1) is 0 Å². The quantitative estimate of drug-likeness (QED) is 0.456. The summed E-state index contributed by atoms with van der Waals surface area (Å²) >= 11 is 3.34. The van der Waals surface area contributed by atoms with Gasteiger partial charge in [0, 0.05) is 11.0 Å². The van der Waals surface area contributed by atoms with Gasteiger partial charge in [0.25, 0.3) is 11.7 Å². The predicted octanol–water partition coefficient (Wildman–Crippen LogP) is 4.60. The number of ether oxygens (including phenoxy) is 1. The maximum absolute atomic E-state index is 12.2. The van der Waals surface area contributed by atoms with Crippen LogP contribution in [0.15, 0.2) is 65.1 Å². The second kappa shape index (κ2) is 6.92. The number of carbonyl (C=O) groups excluding carboxylic acids is 2. The van der Waals surface area contributed by atoms with Crippen molar-refractivity contribution in [3.05, 3.63) is 70.7 Å². The van der Waals surface area contributed by atoms with Crippen LogP contribution in [-0.4, -0.2) is 24.8 Å². The number of carbonyl (C=O) groups is 2. The molecule has 1 heterocycles. The van der Waals surface area contributed by atoms with E-state index in [1.807, 2.05) is 42.5 Å². The number of benzene rings is 3. The van der Waals surface area contributed by atoms with Crippen LogP contribution in [0.25, 0.3) is 10.8 Å². The van der Waals surface area contributed by atoms with Gasteiger partial charge in [-0.1, -0.05) is 46.3 Å². The first-order valence-corrected chi connectivity index (χ1v) is 9.20. The largest absolute Gasteiger partial charge is 0.494 e. The number of anilines is 1. The van der Waals surface area contributed by atoms with E-state index in [0.29, 0.717) is 30.8 Å². The van der Waals surface area contributed by atoms with Gasteiger partial charge in [0.15, 0.2) is 0 Å². The molecule has 0 saturated carbocycles. The molecule has 3 aromatic carbocycles. The van der Waals surface area contributed by atoms with Gasteiger partial charge in [-0.3, -0.25) is 9.59 Å². The first-order chi connectivity index (χ1) is 12.6. The van der Waals surface area contributed by atoms with Crippen LogP contribution in [-0.2, 0) is 4.79 Å². The van der Waals surface area contributed by atoms with Crippen LogP contribution in [0.4, 0.5) is 5.69 Å². The lowest BCUT2D eigenvalue weighted by Crippen LogP contribution is -2.31. The molecule has 3 aromatic rings. The smallest absolute Gasteiger partial charge is 0.299 e. The van der Waals surface area contributed by atoms with Gasteiger partial charge in [-0.05, 0) is 47.5 Å². The minimum absolute atomic E-state index is 0.447. The van der Waals surface area contributed by atoms with Crippen molar-refractivity contribution < 1.29 is 14.3 Å². The van der Waals surface area contributed by atoms with Gasteiger partial charge < -0.3 is 9.64 Å². The Morgan fingerprint density at radius 2 is 1.73 bits per heavy atom. The van der Waals surface area contributed by atoms with E-state index in [9.17, 15) is 9.59 Å². The summed E-state index contributed by atoms with van der Waals surface area (Å²) in [5.41, 5.74) is 1.13. The van der Waals surface area contributed by atoms with E-state index in [0.717, 1.165) is 15.6 Å². The molecule has 0 bridgehead atoms. The predicted molar refractivity (Wildman–Crippen MR) is 105 cm³/mol. The Morgan fingerprint density at radius 3 is 2.58 bits per heavy atom. The van der Waals surface area contributed by atoms with Crippen LogP contribution in [0.1, 0.15) is 16.8 Å². The SMILES string of the molecule is O=C1C(=O)N(CCCOc2ccc3ccccc3c2)c2ccc(Br)cc21. The normalized spacial score (nSPS) is 13.3. The van der Waals surface area contributed by atoms with Crippen LogP contribution in [0.2, 0.25) is 0 Å². The highest BCUT2D eigenvalue weighted by Gasteiger charge is 2.35. The standard InChI is InChI=1S/C21H16BrNO3/c22-16-7-9-19-18(13-16)20(24)21(25)23(19)10-3-11-26-17-8-6-14-4-1-2-5-15(14)12-17/h1-2,4-9,12-13H,3,10-11H2. The molecule has 5 heteroatoms. The molecule has 0 aliphatic carbocycles. The molecule has 1 aliphatic heterocycles. The molecule has 0 atom stereocenters. The molecule has 0 fully saturated rings. The molecule has 0 spiro atoms. The van der Waals surface area contributed by atoms with Crippen molar-refractivity contribution in [2.45, 2.75) is 6.42 Å². The van der Waals surface area contributed by atoms with Gasteiger partial charge >= 0.3 is 0 Å². The van der Waals surface area contributed by atoms with Crippen molar-refractivity contribution in [2.24, 2.45) is 0 Å². The molecule has 0 radical (unpaired) electrons. The molecule has 130 valence electrons. The first-order valence-electron chi connectivity index (χ1n) is 8.41. The molecule has 26 heavy (non-hydrogen) atoms. The van der Waals surface area contributed by atoms with Crippen molar-refractivity contribution >= 4 is 44.1 Å². The second-order valence-electron chi connectivity index (χ2n) is 6.16. The van der Waals surface area contributed by atoms with E-state index >= 15 is 0 Å². The fourth-order valence-electron chi connectivity index (χ4n) is 3.16. The Kier molecular flexibility index (Phi) is 4.47. The zero-order chi connectivity index (χ0) is 18.1. The summed E-state index contributed by atoms with van der Waals surface area (Å²) in [4.78, 5) is 25.8. The maximum Gasteiger partial charge on any atom is 0.299 e. The summed E-state index contributed by atoms with van der Waals surface area (Å²) in [7, 11) is 0. The van der Waals surface area contributed by atoms with Gasteiger partial charge in [-0.25, -0.2) is 0 Å². The highest BCUT2D eigenvalue weighted by atomic mass is 79.9. The Morgan fingerprint density at radius 1 is 0.923 bits per heavy atom. The minimum atomic E-state index is -0.469. The molecule has 0 aromatic heterocycles. The number of rotatable bonds is 5. The molecule has 0 N–H and O–H groups in total. The maximum atomic E-state index is 12.2. The monoisotopic (exact) mass is 409 g/mol. The summed E-state index contributed by atoms with van der Waals surface area (Å²) in [6.45, 7) is 0.926. The number of Topliss-reactive ketones (excluding diaryl/α,β-unsaturated/α-hetero) is 1. The topological polar surface area (TPSA) is 46.6 Å². The Hall–Kier alpha value is -2.66. The molecule has 1 amide bonds. The fourth-order valence-corrected chi connectivity index (χ4v) is 3.53. The Labute approximate surface area is 159 Å². The average Bonchev–Trinajstić information content (AvgIpc) is 2.89. The van der Waals surface area contributed by atoms with Crippen LogP contribution in [0.3, 0.4) is 0 Å². The van der Waals surface area contributed by atoms with Crippen molar-refractivity contribution in [2.75, 3.05) is 18.1 Å². The molecule has 0 saturated heterocycles. The van der Waals surface area contributed by atoms with E-state index in [-0.39, 0.29) is 0 Å². The second-order valence-corrected chi connectivity index (χ2v) is 7.07. The van der Waals surface area contributed by atoms with E-state index < -0.39 is 11.7 Å². The molecule has 4 nitrogen and oxygen atoms in total. The highest BCUT2D eigenvalue weighted by molar-refractivity contribution is 9.10. The average molecular weight is 410 g/mol. The molecular weight excluding hydrogens is 394 g/mol. The molecular formula is C21H16BrNO3. The Balaban J connectivity index is 1.39. The third-order valence-corrected chi connectivity index (χ3v) is 4.94. The summed E-state index contributed by atoms with van der Waals surface area (Å²) in [5, 5.41) is 2.30. The summed E-state index contributed by atoms with van der Waals surface area (Å²) in [6.07, 6.45) is 0.640. The zero-order valence-corrected chi connectivity index (χ0v) is 15.5. The first kappa shape index (κ1) is 16.8. The number of fused-ring (bicyclic) bond motifs is 2. The van der Waals surface area contributed by atoms with Crippen molar-refractivity contribution in [1.82, 2.24) is 0 Å². The van der Waals surface area contributed by atoms with Gasteiger partial charge in [0.05, 0.1) is 17.9 Å². The zero-order valence-electron chi connectivity index (χ0n) is 13.9. The van der Waals surface area contributed by atoms with Crippen LogP contribution in [0.5, 0.6) is 5.75 Å². The minimum Gasteiger partial charge on any atom is -0.494 e.